The van der Waals surface area contributed by atoms with Gasteiger partial charge in [-0.05, 0) is 13.8 Å². The molecule has 0 spiro atoms. The first-order valence-corrected chi connectivity index (χ1v) is 5.68. The van der Waals surface area contributed by atoms with Gasteiger partial charge >= 0.3 is 0 Å². The molecule has 0 atom stereocenters. The molecule has 0 radical (unpaired) electrons. The van der Waals surface area contributed by atoms with Crippen LogP contribution in [0.25, 0.3) is 0 Å². The quantitative estimate of drug-likeness (QED) is 0.812. The Kier molecular flexibility index (Phi) is 4.55. The predicted octanol–water partition coefficient (Wildman–Crippen LogP) is 1.38. The number of rotatable bonds is 4. The van der Waals surface area contributed by atoms with Crippen LogP contribution in [0.15, 0.2) is 17.1 Å². The minimum absolute atomic E-state index is 0.164. The predicted molar refractivity (Wildman–Crippen MR) is 64.1 cm³/mol. The lowest BCUT2D eigenvalue weighted by atomic mass is 10.2. The van der Waals surface area contributed by atoms with Crippen LogP contribution in [0.3, 0.4) is 0 Å². The van der Waals surface area contributed by atoms with E-state index < -0.39 is 0 Å². The van der Waals surface area contributed by atoms with E-state index in [1.807, 2.05) is 6.92 Å². The van der Waals surface area contributed by atoms with Gasteiger partial charge in [-0.1, -0.05) is 0 Å². The molecule has 16 heavy (non-hydrogen) atoms. The van der Waals surface area contributed by atoms with Crippen LogP contribution in [0.5, 0.6) is 0 Å². The number of amides is 1. The molecule has 1 amide bonds. The Morgan fingerprint density at radius 2 is 2.25 bits per heavy atom. The molecule has 0 fully saturated rings. The lowest BCUT2D eigenvalue weighted by Crippen LogP contribution is -2.35. The summed E-state index contributed by atoms with van der Waals surface area (Å²) < 4.78 is 0. The first-order chi connectivity index (χ1) is 7.60. The number of aryl methyl sites for hydroxylation is 1. The number of nitrogens with zero attached hydrogens (tertiary/aromatic N) is 1. The zero-order chi connectivity index (χ0) is 12.1. The molecule has 0 bridgehead atoms. The van der Waals surface area contributed by atoms with Crippen LogP contribution >= 0.6 is 11.6 Å². The van der Waals surface area contributed by atoms with Crippen LogP contribution in [-0.4, -0.2) is 34.8 Å². The number of alkyl halides is 1. The van der Waals surface area contributed by atoms with Gasteiger partial charge in [0.25, 0.3) is 5.91 Å². The van der Waals surface area contributed by atoms with Gasteiger partial charge in [-0.3, -0.25) is 9.59 Å². The summed E-state index contributed by atoms with van der Waals surface area (Å²) in [6.07, 6.45) is 1.46. The Morgan fingerprint density at radius 3 is 2.75 bits per heavy atom. The molecular formula is C11H15ClN2O2. The number of carbonyl (C=O) groups is 1. The van der Waals surface area contributed by atoms with Crippen molar-refractivity contribution in [2.24, 2.45) is 0 Å². The van der Waals surface area contributed by atoms with Crippen LogP contribution in [0.4, 0.5) is 0 Å². The zero-order valence-corrected chi connectivity index (χ0v) is 10.2. The van der Waals surface area contributed by atoms with Gasteiger partial charge in [0, 0.05) is 36.9 Å². The normalized spacial score (nSPS) is 10.2. The summed E-state index contributed by atoms with van der Waals surface area (Å²) in [5, 5.41) is 0. The lowest BCUT2D eigenvalue weighted by molar-refractivity contribution is 0.0772. The van der Waals surface area contributed by atoms with Crippen molar-refractivity contribution in [2.75, 3.05) is 19.0 Å². The van der Waals surface area contributed by atoms with Gasteiger partial charge in [0.2, 0.25) is 0 Å². The van der Waals surface area contributed by atoms with Crippen LogP contribution < -0.4 is 5.43 Å². The molecular weight excluding hydrogens is 228 g/mol. The minimum atomic E-state index is -0.274. The summed E-state index contributed by atoms with van der Waals surface area (Å²) in [5.41, 5.74) is 0.647. The van der Waals surface area contributed by atoms with Gasteiger partial charge in [-0.25, -0.2) is 0 Å². The number of aromatic nitrogens is 1. The highest BCUT2D eigenvalue weighted by atomic mass is 35.5. The largest absolute Gasteiger partial charge is 0.364 e. The van der Waals surface area contributed by atoms with Crippen molar-refractivity contribution in [3.63, 3.8) is 0 Å². The van der Waals surface area contributed by atoms with E-state index in [1.165, 1.54) is 12.3 Å². The molecule has 0 aliphatic carbocycles. The molecule has 0 unspecified atom stereocenters. The first kappa shape index (κ1) is 12.8. The third-order valence-electron chi connectivity index (χ3n) is 2.31. The summed E-state index contributed by atoms with van der Waals surface area (Å²) in [6.45, 7) is 4.61. The lowest BCUT2D eigenvalue weighted by Gasteiger charge is -2.19. The smallest absolute Gasteiger partial charge is 0.259 e. The standard InChI is InChI=1S/C11H15ClN2O2/c1-3-14(5-4-12)11(16)9-7-13-8(2)6-10(9)15/h6-7H,3-5H2,1-2H3,(H,13,15). The molecule has 1 rings (SSSR count). The summed E-state index contributed by atoms with van der Waals surface area (Å²) in [4.78, 5) is 28.0. The maximum atomic E-state index is 11.9. The Bertz CT molecular complexity index is 428. The SMILES string of the molecule is CCN(CCCl)C(=O)c1c[nH]c(C)cc1=O. The third kappa shape index (κ3) is 2.85. The maximum Gasteiger partial charge on any atom is 0.259 e. The number of halogens is 1. The first-order valence-electron chi connectivity index (χ1n) is 5.14. The highest BCUT2D eigenvalue weighted by Crippen LogP contribution is 2.00. The van der Waals surface area contributed by atoms with Crippen LogP contribution in [0.2, 0.25) is 0 Å². The minimum Gasteiger partial charge on any atom is -0.364 e. The Balaban J connectivity index is 2.99. The molecule has 1 aromatic heterocycles. The second-order valence-electron chi connectivity index (χ2n) is 3.47. The van der Waals surface area contributed by atoms with E-state index in [-0.39, 0.29) is 16.9 Å². The number of nitrogens with one attached hydrogen (secondary N) is 1. The maximum absolute atomic E-state index is 11.9. The highest BCUT2D eigenvalue weighted by Gasteiger charge is 2.16. The molecule has 0 saturated carbocycles. The Labute approximate surface area is 99.2 Å². The second-order valence-corrected chi connectivity index (χ2v) is 3.85. The summed E-state index contributed by atoms with van der Waals surface area (Å²) in [5.74, 6) is 0.0907. The number of carbonyl (C=O) groups excluding carboxylic acids is 1. The fraction of sp³-hybridized carbons (Fsp3) is 0.455. The molecule has 5 heteroatoms. The number of hydrogen-bond donors (Lipinski definition) is 1. The Morgan fingerprint density at radius 1 is 1.56 bits per heavy atom. The molecule has 0 aliphatic heterocycles. The number of aromatic amines is 1. The van der Waals surface area contributed by atoms with E-state index >= 15 is 0 Å². The van der Waals surface area contributed by atoms with Crippen molar-refractivity contribution >= 4 is 17.5 Å². The zero-order valence-electron chi connectivity index (χ0n) is 9.42. The molecule has 88 valence electrons. The van der Waals surface area contributed by atoms with Crippen LogP contribution in [-0.2, 0) is 0 Å². The number of H-pyrrole nitrogens is 1. The summed E-state index contributed by atoms with van der Waals surface area (Å²) >= 11 is 5.59. The average molecular weight is 243 g/mol. The van der Waals surface area contributed by atoms with E-state index in [9.17, 15) is 9.59 Å². The fourth-order valence-corrected chi connectivity index (χ4v) is 1.62. The van der Waals surface area contributed by atoms with Crippen molar-refractivity contribution in [1.82, 2.24) is 9.88 Å². The molecule has 0 saturated heterocycles. The van der Waals surface area contributed by atoms with E-state index in [2.05, 4.69) is 4.98 Å². The van der Waals surface area contributed by atoms with E-state index in [0.29, 0.717) is 19.0 Å². The van der Waals surface area contributed by atoms with Gasteiger partial charge < -0.3 is 9.88 Å². The van der Waals surface area contributed by atoms with Gasteiger partial charge in [-0.2, -0.15) is 0 Å². The van der Waals surface area contributed by atoms with Crippen molar-refractivity contribution in [3.8, 4) is 0 Å². The molecule has 1 aromatic rings. The highest BCUT2D eigenvalue weighted by molar-refractivity contribution is 6.18. The number of pyridine rings is 1. The van der Waals surface area contributed by atoms with E-state index in [1.54, 1.807) is 11.8 Å². The summed E-state index contributed by atoms with van der Waals surface area (Å²) in [6, 6.07) is 1.42. The average Bonchev–Trinajstić information content (AvgIpc) is 2.25. The van der Waals surface area contributed by atoms with Gasteiger partial charge in [0.15, 0.2) is 5.43 Å². The molecule has 0 aliphatic rings. The molecule has 0 aromatic carbocycles. The van der Waals surface area contributed by atoms with Crippen molar-refractivity contribution < 1.29 is 4.79 Å². The molecule has 1 heterocycles. The monoisotopic (exact) mass is 242 g/mol. The fourth-order valence-electron chi connectivity index (χ4n) is 1.42. The van der Waals surface area contributed by atoms with E-state index in [4.69, 9.17) is 11.6 Å². The van der Waals surface area contributed by atoms with Crippen molar-refractivity contribution in [3.05, 3.63) is 33.7 Å². The van der Waals surface area contributed by atoms with Crippen LogP contribution in [0, 0.1) is 6.92 Å². The molecule has 4 nitrogen and oxygen atoms in total. The van der Waals surface area contributed by atoms with Crippen molar-refractivity contribution in [2.45, 2.75) is 13.8 Å². The van der Waals surface area contributed by atoms with Gasteiger partial charge in [0.05, 0.1) is 0 Å². The van der Waals surface area contributed by atoms with Gasteiger partial charge in [0.1, 0.15) is 5.56 Å². The van der Waals surface area contributed by atoms with Crippen molar-refractivity contribution in [1.29, 1.82) is 0 Å². The second kappa shape index (κ2) is 5.70. The third-order valence-corrected chi connectivity index (χ3v) is 2.48. The van der Waals surface area contributed by atoms with Gasteiger partial charge in [-0.15, -0.1) is 11.6 Å². The van der Waals surface area contributed by atoms with Crippen LogP contribution in [0.1, 0.15) is 23.0 Å². The number of hydrogen-bond acceptors (Lipinski definition) is 2. The summed E-state index contributed by atoms with van der Waals surface area (Å²) in [7, 11) is 0. The topological polar surface area (TPSA) is 53.2 Å². The Hall–Kier alpha value is -1.29. The van der Waals surface area contributed by atoms with E-state index in [0.717, 1.165) is 5.69 Å². The molecule has 1 N–H and O–H groups in total.